The van der Waals surface area contributed by atoms with E-state index in [2.05, 4.69) is 9.97 Å². The number of hydrogen-bond acceptors (Lipinski definition) is 4. The van der Waals surface area contributed by atoms with Crippen molar-refractivity contribution < 1.29 is 22.6 Å². The monoisotopic (exact) mass is 289 g/mol. The van der Waals surface area contributed by atoms with Crippen LogP contribution in [-0.4, -0.2) is 39.4 Å². The van der Waals surface area contributed by atoms with E-state index in [4.69, 9.17) is 9.47 Å². The lowest BCUT2D eigenvalue weighted by Gasteiger charge is -2.29. The molecule has 2 aliphatic rings. The molecular weight excluding hydrogens is 277 g/mol. The molecule has 1 fully saturated rings. The van der Waals surface area contributed by atoms with Gasteiger partial charge in [-0.05, 0) is 6.07 Å². The smallest absolute Gasteiger partial charge is 0.433 e. The molecule has 1 aromatic rings. The molecule has 8 heteroatoms. The maximum Gasteiger partial charge on any atom is 0.433 e. The zero-order valence-electron chi connectivity index (χ0n) is 10.1. The first kappa shape index (κ1) is 12.9. The molecule has 4 nitrogen and oxygen atoms in total. The molecule has 0 amide bonds. The van der Waals surface area contributed by atoms with Crippen LogP contribution in [0, 0.1) is 0 Å². The van der Waals surface area contributed by atoms with Gasteiger partial charge in [-0.2, -0.15) is 13.2 Å². The topological polar surface area (TPSA) is 43.4 Å². The maximum atomic E-state index is 12.6. The SMILES string of the molecule is CO[C@H]1CN[Si]2c3ccc(C(F)(F)F)nc3O[C@H]2C1. The highest BCUT2D eigenvalue weighted by Gasteiger charge is 2.44. The second-order valence-corrected chi connectivity index (χ2v) is 6.90. The van der Waals surface area contributed by atoms with Gasteiger partial charge in [-0.1, -0.05) is 6.07 Å². The average Bonchev–Trinajstić information content (AvgIpc) is 2.73. The van der Waals surface area contributed by atoms with Crippen molar-refractivity contribution in [2.75, 3.05) is 13.7 Å². The normalized spacial score (nSPS) is 26.7. The lowest BCUT2D eigenvalue weighted by molar-refractivity contribution is -0.141. The Balaban J connectivity index is 1.87. The minimum atomic E-state index is -4.44. The van der Waals surface area contributed by atoms with Gasteiger partial charge < -0.3 is 14.5 Å². The number of methoxy groups -OCH3 is 1. The third kappa shape index (κ3) is 2.24. The minimum Gasteiger partial charge on any atom is -0.476 e. The summed E-state index contributed by atoms with van der Waals surface area (Å²) in [6.07, 6.45) is -3.71. The fourth-order valence-electron chi connectivity index (χ4n) is 2.36. The Morgan fingerprint density at radius 1 is 1.47 bits per heavy atom. The predicted octanol–water partition coefficient (Wildman–Crippen LogP) is 0.607. The second kappa shape index (κ2) is 4.46. The van der Waals surface area contributed by atoms with Crippen molar-refractivity contribution in [1.29, 1.82) is 0 Å². The Labute approximate surface area is 109 Å². The van der Waals surface area contributed by atoms with Gasteiger partial charge in [0.1, 0.15) is 11.4 Å². The summed E-state index contributed by atoms with van der Waals surface area (Å²) in [4.78, 5) is 6.92. The number of ether oxygens (including phenoxy) is 2. The van der Waals surface area contributed by atoms with Crippen LogP contribution < -0.4 is 14.9 Å². The number of hydrogen-bond donors (Lipinski definition) is 1. The van der Waals surface area contributed by atoms with Crippen LogP contribution in [0.25, 0.3) is 0 Å². The molecular formula is C11H12F3N2O2Si. The first-order valence-electron chi connectivity index (χ1n) is 5.88. The highest BCUT2D eigenvalue weighted by atomic mass is 28.3. The van der Waals surface area contributed by atoms with Crippen molar-refractivity contribution in [3.63, 3.8) is 0 Å². The Hall–Kier alpha value is -1.12. The number of alkyl halides is 3. The van der Waals surface area contributed by atoms with Gasteiger partial charge in [-0.25, -0.2) is 4.98 Å². The van der Waals surface area contributed by atoms with Gasteiger partial charge in [0.2, 0.25) is 14.8 Å². The van der Waals surface area contributed by atoms with Crippen LogP contribution >= 0.6 is 0 Å². The Bertz CT molecular complexity index is 497. The van der Waals surface area contributed by atoms with Crippen molar-refractivity contribution in [2.45, 2.75) is 24.4 Å². The molecule has 3 rings (SSSR count). The number of halogens is 3. The molecule has 1 N–H and O–H groups in total. The first-order chi connectivity index (χ1) is 8.99. The van der Waals surface area contributed by atoms with E-state index in [1.54, 1.807) is 7.11 Å². The molecule has 0 bridgehead atoms. The van der Waals surface area contributed by atoms with Gasteiger partial charge in [0, 0.05) is 25.3 Å². The summed E-state index contributed by atoms with van der Waals surface area (Å²) in [6, 6.07) is 2.51. The van der Waals surface area contributed by atoms with E-state index in [1.165, 1.54) is 6.07 Å². The van der Waals surface area contributed by atoms with Crippen molar-refractivity contribution in [1.82, 2.24) is 9.97 Å². The molecule has 0 aromatic carbocycles. The lowest BCUT2D eigenvalue weighted by Crippen LogP contribution is -2.58. The predicted molar refractivity (Wildman–Crippen MR) is 62.5 cm³/mol. The molecule has 19 heavy (non-hydrogen) atoms. The number of nitrogens with one attached hydrogen (secondary N) is 1. The first-order valence-corrected chi connectivity index (χ1v) is 7.45. The third-order valence-corrected chi connectivity index (χ3v) is 5.89. The van der Waals surface area contributed by atoms with Gasteiger partial charge in [-0.15, -0.1) is 0 Å². The number of fused-ring (bicyclic) bond motifs is 3. The summed E-state index contributed by atoms with van der Waals surface area (Å²) < 4.78 is 48.6. The van der Waals surface area contributed by atoms with E-state index < -0.39 is 20.8 Å². The molecule has 0 saturated carbocycles. The quantitative estimate of drug-likeness (QED) is 0.769. The van der Waals surface area contributed by atoms with Crippen LogP contribution in [0.4, 0.5) is 13.2 Å². The van der Waals surface area contributed by atoms with Crippen LogP contribution in [0.2, 0.25) is 0 Å². The average molecular weight is 289 g/mol. The van der Waals surface area contributed by atoms with Crippen LogP contribution in [-0.2, 0) is 10.9 Å². The van der Waals surface area contributed by atoms with E-state index in [-0.39, 0.29) is 17.7 Å². The summed E-state index contributed by atoms with van der Waals surface area (Å²) in [7, 11) is 0.421. The third-order valence-electron chi connectivity index (χ3n) is 3.35. The molecule has 2 aliphatic heterocycles. The van der Waals surface area contributed by atoms with Crippen LogP contribution in [0.1, 0.15) is 12.1 Å². The lowest BCUT2D eigenvalue weighted by atomic mass is 10.2. The van der Waals surface area contributed by atoms with E-state index >= 15 is 0 Å². The molecule has 1 aromatic heterocycles. The molecule has 2 atom stereocenters. The van der Waals surface area contributed by atoms with Crippen molar-refractivity contribution >= 4 is 14.1 Å². The summed E-state index contributed by atoms with van der Waals surface area (Å²) in [5.41, 5.74) is -1.02. The Morgan fingerprint density at radius 2 is 2.26 bits per heavy atom. The fraction of sp³-hybridized carbons (Fsp3) is 0.545. The molecule has 0 spiro atoms. The van der Waals surface area contributed by atoms with Gasteiger partial charge in [0.15, 0.2) is 0 Å². The molecule has 103 valence electrons. The number of nitrogens with zero attached hydrogens (tertiary/aromatic N) is 1. The highest BCUT2D eigenvalue weighted by molar-refractivity contribution is 6.74. The summed E-state index contributed by atoms with van der Waals surface area (Å²) >= 11 is 0. The van der Waals surface area contributed by atoms with Crippen molar-refractivity contribution in [3.05, 3.63) is 17.8 Å². The fourth-order valence-corrected chi connectivity index (χ4v) is 4.91. The highest BCUT2D eigenvalue weighted by Crippen LogP contribution is 2.30. The van der Waals surface area contributed by atoms with E-state index in [0.717, 1.165) is 11.3 Å². The van der Waals surface area contributed by atoms with Crippen molar-refractivity contribution in [3.8, 4) is 5.88 Å². The van der Waals surface area contributed by atoms with Crippen molar-refractivity contribution in [2.24, 2.45) is 0 Å². The minimum absolute atomic E-state index is 0.0372. The van der Waals surface area contributed by atoms with Gasteiger partial charge in [0.25, 0.3) is 0 Å². The zero-order chi connectivity index (χ0) is 13.6. The van der Waals surface area contributed by atoms with Crippen LogP contribution in [0.15, 0.2) is 12.1 Å². The molecule has 1 radical (unpaired) electrons. The molecule has 1 saturated heterocycles. The standard InChI is InChI=1S/C11H12F3N2O2Si/c1-17-6-4-9-18-10-7(19(9)15-5-6)2-3-8(16-10)11(12,13)14/h2-3,6,9,15H,4-5H2,1H3/t6-,9-/m1/s1. The van der Waals surface area contributed by atoms with E-state index in [0.29, 0.717) is 13.0 Å². The van der Waals surface area contributed by atoms with Crippen LogP contribution in [0.5, 0.6) is 5.88 Å². The zero-order valence-corrected chi connectivity index (χ0v) is 11.1. The van der Waals surface area contributed by atoms with Gasteiger partial charge in [0.05, 0.1) is 6.10 Å². The summed E-state index contributed by atoms with van der Waals surface area (Å²) in [5.74, 6) is 0.123. The van der Waals surface area contributed by atoms with E-state index in [1.807, 2.05) is 0 Å². The second-order valence-electron chi connectivity index (χ2n) is 4.54. The Morgan fingerprint density at radius 3 is 2.95 bits per heavy atom. The summed E-state index contributed by atoms with van der Waals surface area (Å²) in [6.45, 7) is 0.700. The van der Waals surface area contributed by atoms with Gasteiger partial charge >= 0.3 is 6.18 Å². The van der Waals surface area contributed by atoms with E-state index in [9.17, 15) is 13.2 Å². The number of aromatic nitrogens is 1. The molecule has 0 aliphatic carbocycles. The Kier molecular flexibility index (Phi) is 3.03. The molecule has 3 heterocycles. The van der Waals surface area contributed by atoms with Crippen LogP contribution in [0.3, 0.4) is 0 Å². The number of rotatable bonds is 1. The maximum absolute atomic E-state index is 12.6. The number of pyridine rings is 1. The van der Waals surface area contributed by atoms with Gasteiger partial charge in [-0.3, -0.25) is 0 Å². The largest absolute Gasteiger partial charge is 0.476 e. The summed E-state index contributed by atoms with van der Waals surface area (Å²) in [5, 5.41) is 0.789. The molecule has 0 unspecified atom stereocenters.